The van der Waals surface area contributed by atoms with Gasteiger partial charge in [0.2, 0.25) is 0 Å². The molecule has 47 heavy (non-hydrogen) atoms. The van der Waals surface area contributed by atoms with Crippen LogP contribution in [0.3, 0.4) is 0 Å². The molecule has 15 heteroatoms. The molecule has 0 aliphatic heterocycles. The van der Waals surface area contributed by atoms with Gasteiger partial charge in [-0.3, -0.25) is 33.8 Å². The van der Waals surface area contributed by atoms with Crippen LogP contribution < -0.4 is 34.7 Å². The van der Waals surface area contributed by atoms with Crippen molar-refractivity contribution in [2.45, 2.75) is 20.4 Å². The maximum absolute atomic E-state index is 13.2. The van der Waals surface area contributed by atoms with Gasteiger partial charge in [-0.25, -0.2) is 0 Å². The van der Waals surface area contributed by atoms with Gasteiger partial charge in [-0.15, -0.1) is 0 Å². The zero-order valence-corrected chi connectivity index (χ0v) is 27.8. The van der Waals surface area contributed by atoms with Crippen LogP contribution in [0.4, 0.5) is 0 Å². The number of hydrogen-bond acceptors (Lipinski definition) is 10. The number of aryl methyl sites for hydroxylation is 1. The zero-order valence-electron chi connectivity index (χ0n) is 25.8. The molecule has 1 aliphatic rings. The summed E-state index contributed by atoms with van der Waals surface area (Å²) >= 11 is 0. The smallest absolute Gasteiger partial charge is 0.545 e. The van der Waals surface area contributed by atoms with E-state index in [0.29, 0.717) is 5.56 Å². The van der Waals surface area contributed by atoms with Crippen molar-refractivity contribution in [3.63, 3.8) is 0 Å². The number of carboxylic acids is 5. The molecule has 0 unspecified atom stereocenters. The van der Waals surface area contributed by atoms with E-state index in [9.17, 15) is 59.4 Å². The monoisotopic (exact) mass is 658 g/mol. The molecule has 0 heterocycles. The van der Waals surface area contributed by atoms with Gasteiger partial charge in [-0.2, -0.15) is 0 Å². The van der Waals surface area contributed by atoms with Crippen molar-refractivity contribution in [3.05, 3.63) is 93.1 Å². The third-order valence-corrected chi connectivity index (χ3v) is 6.95. The van der Waals surface area contributed by atoms with Crippen LogP contribution in [-0.2, 0) is 30.5 Å². The quantitative estimate of drug-likeness (QED) is 0.128. The standard InChI is InChI=1S/C32H32N2O12.Na/c1-17-7-19(9-21(30(17)43)11-33(13-25(35)36)14-26(37)38)29(23-5-3-4-6-24(23)32(45)46)20-8-18(2)31(44)22(10-20)12-34(15-27(39)40)16-28(41)42;/h3-10,43H,11-16H2,1-2H3,(H,35,36)(H,37,38)(H,39,40)(H,41,42)(H,45,46);/q;+1/p-1/b29-20-;. The number of ketones is 1. The van der Waals surface area contributed by atoms with Crippen molar-refractivity contribution < 1.29 is 89.0 Å². The molecular weight excluding hydrogens is 627 g/mol. The number of rotatable bonds is 15. The van der Waals surface area contributed by atoms with Crippen molar-refractivity contribution >= 4 is 41.2 Å². The van der Waals surface area contributed by atoms with E-state index in [0.717, 1.165) is 9.80 Å². The van der Waals surface area contributed by atoms with E-state index >= 15 is 0 Å². The van der Waals surface area contributed by atoms with Crippen LogP contribution >= 0.6 is 0 Å². The molecule has 0 radical (unpaired) electrons. The second kappa shape index (κ2) is 16.8. The van der Waals surface area contributed by atoms with E-state index < -0.39 is 61.8 Å². The van der Waals surface area contributed by atoms with Gasteiger partial charge < -0.3 is 35.4 Å². The fourth-order valence-corrected chi connectivity index (χ4v) is 5.17. The molecule has 0 spiro atoms. The number of carboxylic acid groups (broad SMARTS) is 5. The average Bonchev–Trinajstić information content (AvgIpc) is 2.93. The van der Waals surface area contributed by atoms with E-state index in [-0.39, 0.29) is 92.9 Å². The molecule has 0 saturated carbocycles. The molecular formula is C32H31N2NaO12. The van der Waals surface area contributed by atoms with E-state index in [1.165, 1.54) is 56.3 Å². The first-order valence-electron chi connectivity index (χ1n) is 13.7. The van der Waals surface area contributed by atoms with E-state index in [2.05, 4.69) is 0 Å². The first kappa shape index (κ1) is 38.6. The van der Waals surface area contributed by atoms with Gasteiger partial charge in [0.05, 0.1) is 32.1 Å². The number of aliphatic carboxylic acids is 4. The minimum atomic E-state index is -1.52. The number of carbonyl (C=O) groups is 6. The molecule has 2 aromatic carbocycles. The Morgan fingerprint density at radius 1 is 0.745 bits per heavy atom. The molecule has 5 N–H and O–H groups in total. The van der Waals surface area contributed by atoms with E-state index in [1.807, 2.05) is 0 Å². The summed E-state index contributed by atoms with van der Waals surface area (Å²) in [7, 11) is 0. The SMILES string of the molecule is CC1=C/C(=C(\c2cc(C)c(O)c(CN(CC(=O)O)CC(=O)O)c2)c2ccccc2C(=O)[O-])C=C(CN(CC(=O)O)CC(=O)O)C1=O.[Na+]. The van der Waals surface area contributed by atoms with Gasteiger partial charge in [0.15, 0.2) is 5.78 Å². The largest absolute Gasteiger partial charge is 1.00 e. The minimum absolute atomic E-state index is 0. The van der Waals surface area contributed by atoms with Crippen LogP contribution in [0.2, 0.25) is 0 Å². The summed E-state index contributed by atoms with van der Waals surface area (Å²) < 4.78 is 0. The Bertz CT molecular complexity index is 1680. The fourth-order valence-electron chi connectivity index (χ4n) is 5.17. The predicted molar refractivity (Wildman–Crippen MR) is 159 cm³/mol. The molecule has 0 atom stereocenters. The van der Waals surface area contributed by atoms with Crippen LogP contribution in [0.15, 0.2) is 65.3 Å². The summed E-state index contributed by atoms with van der Waals surface area (Å²) in [5.74, 6) is -7.50. The number of aromatic carboxylic acids is 1. The molecule has 242 valence electrons. The third kappa shape index (κ3) is 10.5. The van der Waals surface area contributed by atoms with Gasteiger partial charge in [0, 0.05) is 29.8 Å². The molecule has 2 aromatic rings. The van der Waals surface area contributed by atoms with Crippen LogP contribution in [0.25, 0.3) is 5.57 Å². The number of Topliss-reactive ketones (excluding diaryl/α,β-unsaturated/α-hetero) is 1. The summed E-state index contributed by atoms with van der Waals surface area (Å²) in [4.78, 5) is 73.1. The van der Waals surface area contributed by atoms with Crippen molar-refractivity contribution in [1.29, 1.82) is 0 Å². The maximum Gasteiger partial charge on any atom is 1.00 e. The molecule has 0 aromatic heterocycles. The summed E-state index contributed by atoms with van der Waals surface area (Å²) in [5.41, 5.74) is 1.38. The van der Waals surface area contributed by atoms with Crippen molar-refractivity contribution in [1.82, 2.24) is 9.80 Å². The molecule has 14 nitrogen and oxygen atoms in total. The zero-order chi connectivity index (χ0) is 34.3. The third-order valence-electron chi connectivity index (χ3n) is 6.95. The first-order chi connectivity index (χ1) is 21.6. The number of nitrogens with zero attached hydrogens (tertiary/aromatic N) is 2. The first-order valence-corrected chi connectivity index (χ1v) is 13.7. The number of benzene rings is 2. The number of aromatic hydroxyl groups is 1. The van der Waals surface area contributed by atoms with Crippen LogP contribution in [0.1, 0.15) is 39.5 Å². The Morgan fingerprint density at radius 2 is 1.23 bits per heavy atom. The Labute approximate surface area is 290 Å². The van der Waals surface area contributed by atoms with Gasteiger partial charge in [0.1, 0.15) is 5.75 Å². The summed E-state index contributed by atoms with van der Waals surface area (Å²) in [5, 5.41) is 60.3. The molecule has 0 fully saturated rings. The van der Waals surface area contributed by atoms with Crippen molar-refractivity contribution in [3.8, 4) is 5.75 Å². The molecule has 3 rings (SSSR count). The van der Waals surface area contributed by atoms with Crippen LogP contribution in [0.5, 0.6) is 5.75 Å². The fraction of sp³-hybridized carbons (Fsp3) is 0.250. The number of allylic oxidation sites excluding steroid dienone is 4. The predicted octanol–water partition coefficient (Wildman–Crippen LogP) is -2.23. The van der Waals surface area contributed by atoms with Gasteiger partial charge in [0.25, 0.3) is 0 Å². The molecule has 0 amide bonds. The van der Waals surface area contributed by atoms with Crippen molar-refractivity contribution in [2.75, 3.05) is 32.7 Å². The molecule has 0 saturated heterocycles. The molecule has 0 bridgehead atoms. The number of carbonyl (C=O) groups excluding carboxylic acids is 2. The topological polar surface area (TPSA) is 233 Å². The Hall–Kier alpha value is -4.60. The van der Waals surface area contributed by atoms with E-state index in [4.69, 9.17) is 0 Å². The summed E-state index contributed by atoms with van der Waals surface area (Å²) in [6.45, 7) is -0.314. The van der Waals surface area contributed by atoms with Crippen molar-refractivity contribution in [2.24, 2.45) is 0 Å². The summed E-state index contributed by atoms with van der Waals surface area (Å²) in [6.07, 6.45) is 2.88. The minimum Gasteiger partial charge on any atom is -0.545 e. The normalized spacial score (nSPS) is 13.8. The van der Waals surface area contributed by atoms with Crippen LogP contribution in [-0.4, -0.2) is 104 Å². The number of phenolic OH excluding ortho intramolecular Hbond substituents is 1. The average molecular weight is 659 g/mol. The second-order valence-corrected chi connectivity index (χ2v) is 10.7. The van der Waals surface area contributed by atoms with E-state index in [1.54, 1.807) is 6.07 Å². The van der Waals surface area contributed by atoms with Crippen LogP contribution in [0, 0.1) is 6.92 Å². The Morgan fingerprint density at radius 3 is 1.72 bits per heavy atom. The summed E-state index contributed by atoms with van der Waals surface area (Å²) in [6, 6.07) is 8.81. The number of hydrogen-bond donors (Lipinski definition) is 5. The maximum atomic E-state index is 13.2. The molecule has 1 aliphatic carbocycles. The Kier molecular flexibility index (Phi) is 13.8. The van der Waals surface area contributed by atoms with Gasteiger partial charge in [-0.05, 0) is 71.5 Å². The van der Waals surface area contributed by atoms with Gasteiger partial charge >= 0.3 is 53.4 Å². The number of phenols is 1. The second-order valence-electron chi connectivity index (χ2n) is 10.7. The van der Waals surface area contributed by atoms with Gasteiger partial charge in [-0.1, -0.05) is 24.3 Å². The Balaban J connectivity index is 0.00000768.